The van der Waals surface area contributed by atoms with Gasteiger partial charge in [-0.05, 0) is 18.2 Å². The van der Waals surface area contributed by atoms with E-state index in [0.717, 1.165) is 5.69 Å². The second kappa shape index (κ2) is 5.17. The molecule has 96 valence electrons. The van der Waals surface area contributed by atoms with E-state index in [1.807, 2.05) is 0 Å². The zero-order valence-corrected chi connectivity index (χ0v) is 11.0. The van der Waals surface area contributed by atoms with Gasteiger partial charge in [0.05, 0.1) is 5.69 Å². The maximum atomic E-state index is 12.1. The van der Waals surface area contributed by atoms with Crippen molar-refractivity contribution in [1.29, 1.82) is 0 Å². The first-order chi connectivity index (χ1) is 8.48. The molecule has 0 radical (unpaired) electrons. The van der Waals surface area contributed by atoms with Crippen molar-refractivity contribution in [3.8, 4) is 17.2 Å². The zero-order valence-electron chi connectivity index (χ0n) is 8.87. The number of ether oxygens (including phenoxy) is 1. The van der Waals surface area contributed by atoms with Crippen molar-refractivity contribution in [2.45, 2.75) is 10.8 Å². The number of hydrogen-bond donors (Lipinski definition) is 0. The molecular formula is C11H7F3INO2. The highest BCUT2D eigenvalue weighted by Crippen LogP contribution is 2.27. The van der Waals surface area contributed by atoms with Gasteiger partial charge in [0.2, 0.25) is 5.89 Å². The molecule has 0 amide bonds. The number of benzene rings is 1. The van der Waals surface area contributed by atoms with Crippen LogP contribution in [0, 0.1) is 0 Å². The number of halogens is 4. The highest BCUT2D eigenvalue weighted by molar-refractivity contribution is 14.1. The Morgan fingerprint density at radius 3 is 2.72 bits per heavy atom. The molecule has 1 heterocycles. The first-order valence-corrected chi connectivity index (χ1v) is 6.37. The lowest BCUT2D eigenvalue weighted by Gasteiger charge is -2.08. The molecule has 0 aliphatic rings. The second-order valence-corrected chi connectivity index (χ2v) is 4.12. The summed E-state index contributed by atoms with van der Waals surface area (Å²) in [5.41, 5.74) is 1.17. The summed E-state index contributed by atoms with van der Waals surface area (Å²) in [5, 5.41) is 0. The molecule has 0 unspecified atom stereocenters. The molecule has 0 aliphatic heterocycles. The molecular weight excluding hydrogens is 362 g/mol. The Balaban J connectivity index is 2.26. The van der Waals surface area contributed by atoms with Crippen LogP contribution in [0.1, 0.15) is 5.69 Å². The quantitative estimate of drug-likeness (QED) is 0.602. The number of alkyl halides is 4. The van der Waals surface area contributed by atoms with Crippen LogP contribution in [0.25, 0.3) is 11.5 Å². The number of rotatable bonds is 3. The van der Waals surface area contributed by atoms with Gasteiger partial charge in [0.1, 0.15) is 12.0 Å². The van der Waals surface area contributed by atoms with Crippen molar-refractivity contribution in [3.05, 3.63) is 36.2 Å². The fraction of sp³-hybridized carbons (Fsp3) is 0.182. The third-order valence-corrected chi connectivity index (χ3v) is 2.78. The highest BCUT2D eigenvalue weighted by Gasteiger charge is 2.31. The van der Waals surface area contributed by atoms with Gasteiger partial charge >= 0.3 is 6.36 Å². The Labute approximate surface area is 114 Å². The number of hydrogen-bond acceptors (Lipinski definition) is 3. The second-order valence-electron chi connectivity index (χ2n) is 3.35. The summed E-state index contributed by atoms with van der Waals surface area (Å²) < 4.78 is 45.9. The molecule has 0 bridgehead atoms. The summed E-state index contributed by atoms with van der Waals surface area (Å²) in [5.74, 6) is -0.0245. The van der Waals surface area contributed by atoms with Crippen molar-refractivity contribution in [2.24, 2.45) is 0 Å². The predicted molar refractivity (Wildman–Crippen MR) is 66.3 cm³/mol. The van der Waals surface area contributed by atoms with Crippen molar-refractivity contribution in [1.82, 2.24) is 4.98 Å². The minimum Gasteiger partial charge on any atom is -0.444 e. The zero-order chi connectivity index (χ0) is 13.2. The van der Waals surface area contributed by atoms with Gasteiger partial charge < -0.3 is 9.15 Å². The predicted octanol–water partition coefficient (Wildman–Crippen LogP) is 4.18. The van der Waals surface area contributed by atoms with Crippen LogP contribution >= 0.6 is 22.6 Å². The number of aromatic nitrogens is 1. The van der Waals surface area contributed by atoms with E-state index >= 15 is 0 Å². The van der Waals surface area contributed by atoms with Gasteiger partial charge in [0.25, 0.3) is 0 Å². The first-order valence-electron chi connectivity index (χ1n) is 4.84. The van der Waals surface area contributed by atoms with Gasteiger partial charge in [0.15, 0.2) is 0 Å². The van der Waals surface area contributed by atoms with Gasteiger partial charge in [0, 0.05) is 9.99 Å². The molecule has 1 aromatic heterocycles. The molecule has 0 N–H and O–H groups in total. The van der Waals surface area contributed by atoms with Crippen molar-refractivity contribution in [2.75, 3.05) is 0 Å². The SMILES string of the molecule is FC(F)(F)Oc1cccc(-c2nc(CI)co2)c1. The summed E-state index contributed by atoms with van der Waals surface area (Å²) >= 11 is 2.11. The van der Waals surface area contributed by atoms with E-state index in [0.29, 0.717) is 9.99 Å². The van der Waals surface area contributed by atoms with E-state index in [1.54, 1.807) is 6.07 Å². The minimum atomic E-state index is -4.71. The maximum Gasteiger partial charge on any atom is 0.573 e. The maximum absolute atomic E-state index is 12.1. The molecule has 0 saturated heterocycles. The van der Waals surface area contributed by atoms with Crippen molar-refractivity contribution in [3.63, 3.8) is 0 Å². The molecule has 7 heteroatoms. The topological polar surface area (TPSA) is 35.3 Å². The van der Waals surface area contributed by atoms with E-state index in [9.17, 15) is 13.2 Å². The van der Waals surface area contributed by atoms with Gasteiger partial charge in [-0.15, -0.1) is 13.2 Å². The smallest absolute Gasteiger partial charge is 0.444 e. The lowest BCUT2D eigenvalue weighted by molar-refractivity contribution is -0.274. The Hall–Kier alpha value is -1.25. The summed E-state index contributed by atoms with van der Waals surface area (Å²) in [6.45, 7) is 0. The van der Waals surface area contributed by atoms with Crippen LogP contribution in [0.5, 0.6) is 5.75 Å². The number of oxazole rings is 1. The van der Waals surface area contributed by atoms with E-state index in [-0.39, 0.29) is 11.6 Å². The Bertz CT molecular complexity index is 539. The fourth-order valence-electron chi connectivity index (χ4n) is 1.33. The molecule has 0 spiro atoms. The van der Waals surface area contributed by atoms with E-state index in [4.69, 9.17) is 4.42 Å². The van der Waals surface area contributed by atoms with Gasteiger partial charge in [-0.3, -0.25) is 0 Å². The van der Waals surface area contributed by atoms with Crippen molar-refractivity contribution >= 4 is 22.6 Å². The van der Waals surface area contributed by atoms with Crippen LogP contribution in [0.15, 0.2) is 34.9 Å². The molecule has 1 aromatic carbocycles. The largest absolute Gasteiger partial charge is 0.573 e. The van der Waals surface area contributed by atoms with Gasteiger partial charge in [-0.25, -0.2) is 4.98 Å². The van der Waals surface area contributed by atoms with Crippen LogP contribution in [-0.2, 0) is 4.43 Å². The van der Waals surface area contributed by atoms with Crippen LogP contribution < -0.4 is 4.74 Å². The molecule has 0 fully saturated rings. The Kier molecular flexibility index (Phi) is 3.79. The van der Waals surface area contributed by atoms with Gasteiger partial charge in [-0.2, -0.15) is 0 Å². The Morgan fingerprint density at radius 2 is 2.11 bits per heavy atom. The van der Waals surface area contributed by atoms with Crippen LogP contribution in [0.2, 0.25) is 0 Å². The average Bonchev–Trinajstić information content (AvgIpc) is 2.75. The monoisotopic (exact) mass is 369 g/mol. The summed E-state index contributed by atoms with van der Waals surface area (Å²) in [7, 11) is 0. The van der Waals surface area contributed by atoms with Crippen LogP contribution in [0.4, 0.5) is 13.2 Å². The number of nitrogens with zero attached hydrogens (tertiary/aromatic N) is 1. The molecule has 2 aromatic rings. The standard InChI is InChI=1S/C11H7F3INO2/c12-11(13,14)18-9-3-1-2-7(4-9)10-16-8(5-15)6-17-10/h1-4,6H,5H2. The summed E-state index contributed by atoms with van der Waals surface area (Å²) in [6.07, 6.45) is -3.23. The minimum absolute atomic E-state index is 0.272. The third kappa shape index (κ3) is 3.37. The lowest BCUT2D eigenvalue weighted by atomic mass is 10.2. The van der Waals surface area contributed by atoms with Gasteiger partial charge in [-0.1, -0.05) is 28.7 Å². The lowest BCUT2D eigenvalue weighted by Crippen LogP contribution is -2.17. The highest BCUT2D eigenvalue weighted by atomic mass is 127. The molecule has 18 heavy (non-hydrogen) atoms. The summed E-state index contributed by atoms with van der Waals surface area (Å²) in [6, 6.07) is 5.51. The molecule has 0 aliphatic carbocycles. The summed E-state index contributed by atoms with van der Waals surface area (Å²) in [4.78, 5) is 4.13. The third-order valence-electron chi connectivity index (χ3n) is 2.00. The van der Waals surface area contributed by atoms with Crippen LogP contribution in [0.3, 0.4) is 0 Å². The molecule has 0 atom stereocenters. The van der Waals surface area contributed by atoms with Crippen LogP contribution in [-0.4, -0.2) is 11.3 Å². The van der Waals surface area contributed by atoms with E-state index in [1.165, 1.54) is 24.5 Å². The normalized spacial score (nSPS) is 11.6. The average molecular weight is 369 g/mol. The molecule has 3 nitrogen and oxygen atoms in total. The van der Waals surface area contributed by atoms with E-state index in [2.05, 4.69) is 32.3 Å². The fourth-order valence-corrected chi connectivity index (χ4v) is 1.68. The van der Waals surface area contributed by atoms with E-state index < -0.39 is 6.36 Å². The Morgan fingerprint density at radius 1 is 1.33 bits per heavy atom. The molecule has 0 saturated carbocycles. The molecule has 2 rings (SSSR count). The van der Waals surface area contributed by atoms with Crippen molar-refractivity contribution < 1.29 is 22.3 Å². The first kappa shape index (κ1) is 13.2.